The number of para-hydroxylation sites is 1. The number of carbonyl (C=O) groups excluding carboxylic acids is 2. The van der Waals surface area contributed by atoms with Gasteiger partial charge in [-0.05, 0) is 49.1 Å². The number of benzene rings is 3. The molecule has 6 heteroatoms. The summed E-state index contributed by atoms with van der Waals surface area (Å²) in [7, 11) is 1.58. The van der Waals surface area contributed by atoms with Gasteiger partial charge < -0.3 is 15.4 Å². The normalized spacial score (nSPS) is 19.5. The zero-order valence-electron chi connectivity index (χ0n) is 20.2. The highest BCUT2D eigenvalue weighted by Gasteiger charge is 2.41. The molecule has 1 amide bonds. The number of anilines is 1. The first-order valence-electron chi connectivity index (χ1n) is 11.9. The third-order valence-electron chi connectivity index (χ3n) is 6.88. The number of carbonyl (C=O) groups is 2. The summed E-state index contributed by atoms with van der Waals surface area (Å²) in [5.74, 6) is -0.809. The van der Waals surface area contributed by atoms with Crippen LogP contribution in [0.15, 0.2) is 101 Å². The fraction of sp³-hybridized carbons (Fsp3) is 0.200. The Morgan fingerprint density at radius 3 is 2.50 bits per heavy atom. The van der Waals surface area contributed by atoms with Gasteiger partial charge in [0.05, 0.1) is 13.0 Å². The number of hydrogen-bond donors (Lipinski definition) is 2. The van der Waals surface area contributed by atoms with Crippen molar-refractivity contribution in [3.63, 3.8) is 0 Å². The lowest BCUT2D eigenvalue weighted by Crippen LogP contribution is -2.37. The average molecular weight is 483 g/mol. The summed E-state index contributed by atoms with van der Waals surface area (Å²) in [5, 5.41) is 6.19. The highest BCUT2D eigenvalue weighted by molar-refractivity contribution is 6.10. The number of hydrogen-bond acceptors (Lipinski definition) is 4. The van der Waals surface area contributed by atoms with E-state index in [0.29, 0.717) is 41.1 Å². The van der Waals surface area contributed by atoms with E-state index in [4.69, 9.17) is 4.74 Å². The van der Waals surface area contributed by atoms with Gasteiger partial charge in [-0.1, -0.05) is 54.6 Å². The van der Waals surface area contributed by atoms with Gasteiger partial charge in [-0.15, -0.1) is 0 Å². The molecule has 1 heterocycles. The van der Waals surface area contributed by atoms with Crippen molar-refractivity contribution in [3.05, 3.63) is 118 Å². The van der Waals surface area contributed by atoms with Crippen molar-refractivity contribution < 1.29 is 18.7 Å². The number of rotatable bonds is 5. The van der Waals surface area contributed by atoms with E-state index >= 15 is 0 Å². The fourth-order valence-corrected chi connectivity index (χ4v) is 5.28. The summed E-state index contributed by atoms with van der Waals surface area (Å²) >= 11 is 0. The SMILES string of the molecule is COc1ccccc1[C@@H]1C(C(=O)Nc2cccc(F)c2)=C(C)NC2=C1C(=O)C[C@H](c1ccccc1)C2. The molecule has 2 atom stereocenters. The molecule has 0 saturated heterocycles. The maximum atomic E-state index is 13.8. The van der Waals surface area contributed by atoms with E-state index < -0.39 is 17.6 Å². The Bertz CT molecular complexity index is 1390. The summed E-state index contributed by atoms with van der Waals surface area (Å²) in [6.07, 6.45) is 1.01. The maximum Gasteiger partial charge on any atom is 0.254 e. The number of methoxy groups -OCH3 is 1. The van der Waals surface area contributed by atoms with Crippen LogP contribution in [-0.4, -0.2) is 18.8 Å². The van der Waals surface area contributed by atoms with Gasteiger partial charge in [0.15, 0.2) is 5.78 Å². The summed E-state index contributed by atoms with van der Waals surface area (Å²) in [6, 6.07) is 23.2. The van der Waals surface area contributed by atoms with Crippen molar-refractivity contribution in [1.82, 2.24) is 5.32 Å². The monoisotopic (exact) mass is 482 g/mol. The van der Waals surface area contributed by atoms with Crippen LogP contribution in [0.5, 0.6) is 5.75 Å². The molecule has 0 aromatic heterocycles. The van der Waals surface area contributed by atoms with Crippen molar-refractivity contribution in [2.45, 2.75) is 31.6 Å². The molecular formula is C30H27FN2O3. The summed E-state index contributed by atoms with van der Waals surface area (Å²) in [4.78, 5) is 27.4. The van der Waals surface area contributed by atoms with E-state index in [1.165, 1.54) is 18.2 Å². The quantitative estimate of drug-likeness (QED) is 0.480. The minimum absolute atomic E-state index is 0.00272. The first kappa shape index (κ1) is 23.5. The summed E-state index contributed by atoms with van der Waals surface area (Å²) in [6.45, 7) is 1.84. The molecule has 3 aromatic carbocycles. The van der Waals surface area contributed by atoms with Crippen molar-refractivity contribution >= 4 is 17.4 Å². The van der Waals surface area contributed by atoms with Gasteiger partial charge in [-0.25, -0.2) is 4.39 Å². The number of amides is 1. The number of nitrogens with one attached hydrogen (secondary N) is 2. The van der Waals surface area contributed by atoms with Crippen LogP contribution in [0.1, 0.15) is 42.7 Å². The van der Waals surface area contributed by atoms with Gasteiger partial charge in [-0.2, -0.15) is 0 Å². The number of allylic oxidation sites excluding steroid dienone is 3. The second kappa shape index (κ2) is 9.82. The molecule has 0 unspecified atom stereocenters. The van der Waals surface area contributed by atoms with Gasteiger partial charge in [0, 0.05) is 40.2 Å². The topological polar surface area (TPSA) is 67.4 Å². The van der Waals surface area contributed by atoms with Crippen molar-refractivity contribution in [2.75, 3.05) is 12.4 Å². The third kappa shape index (κ3) is 4.42. The lowest BCUT2D eigenvalue weighted by Gasteiger charge is -2.37. The van der Waals surface area contributed by atoms with E-state index in [-0.39, 0.29) is 11.7 Å². The Morgan fingerprint density at radius 1 is 1.00 bits per heavy atom. The molecule has 1 aliphatic carbocycles. The smallest absolute Gasteiger partial charge is 0.254 e. The Labute approximate surface area is 209 Å². The number of halogens is 1. The zero-order chi connectivity index (χ0) is 25.2. The lowest BCUT2D eigenvalue weighted by molar-refractivity contribution is -0.116. The molecular weight excluding hydrogens is 455 g/mol. The van der Waals surface area contributed by atoms with Crippen LogP contribution >= 0.6 is 0 Å². The van der Waals surface area contributed by atoms with Crippen LogP contribution in [0.2, 0.25) is 0 Å². The minimum atomic E-state index is -0.616. The Hall–Kier alpha value is -4.19. The number of Topliss-reactive ketones (excluding diaryl/α,β-unsaturated/α-hetero) is 1. The molecule has 0 spiro atoms. The van der Waals surface area contributed by atoms with Crippen LogP contribution < -0.4 is 15.4 Å². The van der Waals surface area contributed by atoms with Gasteiger partial charge in [-0.3, -0.25) is 9.59 Å². The van der Waals surface area contributed by atoms with E-state index in [2.05, 4.69) is 10.6 Å². The van der Waals surface area contributed by atoms with Crippen LogP contribution in [0.4, 0.5) is 10.1 Å². The molecule has 182 valence electrons. The van der Waals surface area contributed by atoms with Crippen LogP contribution in [0, 0.1) is 5.82 Å². The number of ketones is 1. The van der Waals surface area contributed by atoms with Crippen molar-refractivity contribution in [3.8, 4) is 5.75 Å². The second-order valence-electron chi connectivity index (χ2n) is 9.13. The standard InChI is InChI=1S/C30H27FN2O3/c1-18-27(30(35)33-22-12-8-11-21(31)17-22)28(23-13-6-7-14-26(23)36-2)29-24(32-18)15-20(16-25(29)34)19-9-4-3-5-10-19/h3-14,17,20,28,32H,15-16H2,1-2H3,(H,33,35)/t20-,28-/m1/s1. The zero-order valence-corrected chi connectivity index (χ0v) is 20.2. The molecule has 5 nitrogen and oxygen atoms in total. The largest absolute Gasteiger partial charge is 0.496 e. The first-order valence-corrected chi connectivity index (χ1v) is 11.9. The first-order chi connectivity index (χ1) is 17.5. The molecule has 1 aliphatic heterocycles. The lowest BCUT2D eigenvalue weighted by atomic mass is 9.71. The van der Waals surface area contributed by atoms with Crippen molar-refractivity contribution in [2.24, 2.45) is 0 Å². The van der Waals surface area contributed by atoms with Gasteiger partial charge >= 0.3 is 0 Å². The summed E-state index contributed by atoms with van der Waals surface area (Å²) in [5.41, 5.74) is 4.68. The van der Waals surface area contributed by atoms with E-state index in [0.717, 1.165) is 16.8 Å². The van der Waals surface area contributed by atoms with E-state index in [1.54, 1.807) is 13.2 Å². The highest BCUT2D eigenvalue weighted by atomic mass is 19.1. The average Bonchev–Trinajstić information content (AvgIpc) is 2.88. The predicted molar refractivity (Wildman–Crippen MR) is 137 cm³/mol. The van der Waals surface area contributed by atoms with E-state index in [1.807, 2.05) is 61.5 Å². The Morgan fingerprint density at radius 2 is 1.75 bits per heavy atom. The molecule has 5 rings (SSSR count). The van der Waals surface area contributed by atoms with Crippen LogP contribution in [0.3, 0.4) is 0 Å². The fourth-order valence-electron chi connectivity index (χ4n) is 5.28. The molecule has 0 bridgehead atoms. The van der Waals surface area contributed by atoms with Gasteiger partial charge in [0.1, 0.15) is 11.6 Å². The Balaban J connectivity index is 1.59. The van der Waals surface area contributed by atoms with E-state index in [9.17, 15) is 14.0 Å². The minimum Gasteiger partial charge on any atom is -0.496 e. The van der Waals surface area contributed by atoms with Gasteiger partial charge in [0.25, 0.3) is 5.91 Å². The molecule has 36 heavy (non-hydrogen) atoms. The van der Waals surface area contributed by atoms with Crippen LogP contribution in [-0.2, 0) is 9.59 Å². The predicted octanol–water partition coefficient (Wildman–Crippen LogP) is 5.83. The molecule has 0 saturated carbocycles. The molecule has 0 radical (unpaired) electrons. The highest BCUT2D eigenvalue weighted by Crippen LogP contribution is 2.47. The third-order valence-corrected chi connectivity index (χ3v) is 6.88. The molecule has 2 aliphatic rings. The number of dihydropyridines is 1. The molecule has 3 aromatic rings. The molecule has 0 fully saturated rings. The van der Waals surface area contributed by atoms with Crippen LogP contribution in [0.25, 0.3) is 0 Å². The van der Waals surface area contributed by atoms with Crippen molar-refractivity contribution in [1.29, 1.82) is 0 Å². The maximum absolute atomic E-state index is 13.8. The Kier molecular flexibility index (Phi) is 6.42. The van der Waals surface area contributed by atoms with Gasteiger partial charge in [0.2, 0.25) is 0 Å². The number of ether oxygens (including phenoxy) is 1. The molecule has 2 N–H and O–H groups in total. The second-order valence-corrected chi connectivity index (χ2v) is 9.13. The summed E-state index contributed by atoms with van der Waals surface area (Å²) < 4.78 is 19.4.